The molecule has 5 nitrogen and oxygen atoms in total. The number of hydrogen-bond donors (Lipinski definition) is 1. The van der Waals surface area contributed by atoms with E-state index < -0.39 is 0 Å². The summed E-state index contributed by atoms with van der Waals surface area (Å²) in [6.45, 7) is 0. The lowest BCUT2D eigenvalue weighted by molar-refractivity contribution is 0.364. The topological polar surface area (TPSA) is 77.8 Å². The standard InChI is InChI=1S/C12H10Br2N4O/c13-7-4-9(14)10(16-5-7)11-17-12(19-18-11)6-1-2-8(15)3-6/h1-2,4-6,8H,3,15H2. The molecule has 1 aliphatic rings. The second kappa shape index (κ2) is 5.15. The van der Waals surface area contributed by atoms with Crippen molar-refractivity contribution in [3.63, 3.8) is 0 Å². The van der Waals surface area contributed by atoms with Crippen LogP contribution in [0.25, 0.3) is 11.5 Å². The summed E-state index contributed by atoms with van der Waals surface area (Å²) in [6, 6.07) is 1.96. The highest BCUT2D eigenvalue weighted by Crippen LogP contribution is 2.30. The van der Waals surface area contributed by atoms with E-state index in [1.54, 1.807) is 6.20 Å². The van der Waals surface area contributed by atoms with Crippen molar-refractivity contribution in [2.45, 2.75) is 18.4 Å². The molecule has 0 fully saturated rings. The number of aromatic nitrogens is 3. The van der Waals surface area contributed by atoms with E-state index in [2.05, 4.69) is 47.0 Å². The Balaban J connectivity index is 1.91. The van der Waals surface area contributed by atoms with Gasteiger partial charge in [-0.1, -0.05) is 17.3 Å². The Kier molecular flexibility index (Phi) is 3.51. The smallest absolute Gasteiger partial charge is 0.234 e. The normalized spacial score (nSPS) is 22.1. The first kappa shape index (κ1) is 13.0. The molecule has 98 valence electrons. The first-order valence-corrected chi connectivity index (χ1v) is 7.31. The van der Waals surface area contributed by atoms with Crippen molar-refractivity contribution in [3.8, 4) is 11.5 Å². The second-order valence-electron chi connectivity index (χ2n) is 4.33. The van der Waals surface area contributed by atoms with Gasteiger partial charge in [0.15, 0.2) is 0 Å². The van der Waals surface area contributed by atoms with Gasteiger partial charge >= 0.3 is 0 Å². The van der Waals surface area contributed by atoms with Crippen LogP contribution in [0.3, 0.4) is 0 Å². The molecule has 0 aliphatic heterocycles. The van der Waals surface area contributed by atoms with Crippen LogP contribution in [0, 0.1) is 0 Å². The number of nitrogens with two attached hydrogens (primary N) is 1. The molecule has 19 heavy (non-hydrogen) atoms. The molecule has 2 atom stereocenters. The number of allylic oxidation sites excluding steroid dienone is 1. The van der Waals surface area contributed by atoms with E-state index >= 15 is 0 Å². The summed E-state index contributed by atoms with van der Waals surface area (Å²) in [5.41, 5.74) is 6.48. The second-order valence-corrected chi connectivity index (χ2v) is 6.10. The molecule has 0 amide bonds. The summed E-state index contributed by atoms with van der Waals surface area (Å²) in [6.07, 6.45) is 6.46. The lowest BCUT2D eigenvalue weighted by atomic mass is 10.1. The van der Waals surface area contributed by atoms with Crippen molar-refractivity contribution in [2.75, 3.05) is 0 Å². The molecule has 2 N–H and O–H groups in total. The van der Waals surface area contributed by atoms with Crippen LogP contribution in [0.15, 0.2) is 37.9 Å². The minimum atomic E-state index is 0.0675. The average Bonchev–Trinajstić information content (AvgIpc) is 2.97. The first-order valence-electron chi connectivity index (χ1n) is 5.72. The number of pyridine rings is 1. The summed E-state index contributed by atoms with van der Waals surface area (Å²) in [7, 11) is 0. The van der Waals surface area contributed by atoms with Crippen molar-refractivity contribution < 1.29 is 4.52 Å². The SMILES string of the molecule is NC1C=CC(c2nc(-c3ncc(Br)cc3Br)no2)C1. The summed E-state index contributed by atoms with van der Waals surface area (Å²) in [5, 5.41) is 3.98. The van der Waals surface area contributed by atoms with E-state index in [4.69, 9.17) is 10.3 Å². The van der Waals surface area contributed by atoms with Crippen molar-refractivity contribution in [1.29, 1.82) is 0 Å². The maximum absolute atomic E-state index is 5.82. The fraction of sp³-hybridized carbons (Fsp3) is 0.250. The van der Waals surface area contributed by atoms with Gasteiger partial charge in [-0.15, -0.1) is 0 Å². The summed E-state index contributed by atoms with van der Waals surface area (Å²) in [4.78, 5) is 8.68. The van der Waals surface area contributed by atoms with Crippen molar-refractivity contribution in [1.82, 2.24) is 15.1 Å². The predicted molar refractivity (Wildman–Crippen MR) is 77.4 cm³/mol. The Labute approximate surface area is 126 Å². The highest BCUT2D eigenvalue weighted by Gasteiger charge is 2.24. The van der Waals surface area contributed by atoms with Crippen molar-refractivity contribution in [2.24, 2.45) is 5.73 Å². The van der Waals surface area contributed by atoms with Gasteiger partial charge in [-0.05, 0) is 44.3 Å². The molecule has 2 unspecified atom stereocenters. The molecule has 3 rings (SSSR count). The fourth-order valence-corrected chi connectivity index (χ4v) is 3.14. The van der Waals surface area contributed by atoms with Crippen LogP contribution >= 0.6 is 31.9 Å². The Bertz CT molecular complexity index is 640. The third-order valence-corrected chi connectivity index (χ3v) is 3.93. The molecule has 2 heterocycles. The minimum absolute atomic E-state index is 0.0675. The molecule has 0 bridgehead atoms. The summed E-state index contributed by atoms with van der Waals surface area (Å²) in [5.74, 6) is 1.16. The van der Waals surface area contributed by atoms with Crippen LogP contribution in [0.1, 0.15) is 18.2 Å². The van der Waals surface area contributed by atoms with E-state index in [9.17, 15) is 0 Å². The molecule has 2 aromatic heterocycles. The lowest BCUT2D eigenvalue weighted by Gasteiger charge is -2.02. The van der Waals surface area contributed by atoms with Crippen LogP contribution in [0.2, 0.25) is 0 Å². The molecule has 1 aliphatic carbocycles. The molecule has 0 saturated carbocycles. The predicted octanol–water partition coefficient (Wildman–Crippen LogP) is 3.03. The summed E-state index contributed by atoms with van der Waals surface area (Å²) < 4.78 is 6.99. The molecule has 0 spiro atoms. The van der Waals surface area contributed by atoms with Gasteiger partial charge in [0.1, 0.15) is 5.69 Å². The largest absolute Gasteiger partial charge is 0.338 e. The molecule has 7 heteroatoms. The van der Waals surface area contributed by atoms with Gasteiger partial charge in [0, 0.05) is 21.2 Å². The minimum Gasteiger partial charge on any atom is -0.338 e. The highest BCUT2D eigenvalue weighted by molar-refractivity contribution is 9.11. The van der Waals surface area contributed by atoms with E-state index in [0.29, 0.717) is 17.4 Å². The van der Waals surface area contributed by atoms with Gasteiger partial charge in [-0.3, -0.25) is 4.98 Å². The number of nitrogens with zero attached hydrogens (tertiary/aromatic N) is 3. The zero-order valence-corrected chi connectivity index (χ0v) is 12.9. The molecular weight excluding hydrogens is 376 g/mol. The van der Waals surface area contributed by atoms with Gasteiger partial charge in [-0.25, -0.2) is 0 Å². The van der Waals surface area contributed by atoms with Gasteiger partial charge in [0.2, 0.25) is 11.7 Å². The third-order valence-electron chi connectivity index (χ3n) is 2.90. The van der Waals surface area contributed by atoms with E-state index in [-0.39, 0.29) is 12.0 Å². The zero-order chi connectivity index (χ0) is 13.4. The van der Waals surface area contributed by atoms with Crippen molar-refractivity contribution >= 4 is 31.9 Å². The van der Waals surface area contributed by atoms with Gasteiger partial charge < -0.3 is 10.3 Å². The quantitative estimate of drug-likeness (QED) is 0.804. The Hall–Kier alpha value is -1.05. The monoisotopic (exact) mass is 384 g/mol. The van der Waals surface area contributed by atoms with E-state index in [1.165, 1.54) is 0 Å². The fourth-order valence-electron chi connectivity index (χ4n) is 1.97. The Morgan fingerprint density at radius 3 is 2.84 bits per heavy atom. The van der Waals surface area contributed by atoms with Crippen LogP contribution in [-0.4, -0.2) is 21.2 Å². The molecule has 0 aromatic carbocycles. The van der Waals surface area contributed by atoms with Crippen LogP contribution in [0.4, 0.5) is 0 Å². The van der Waals surface area contributed by atoms with Crippen LogP contribution in [0.5, 0.6) is 0 Å². The molecule has 0 radical (unpaired) electrons. The molecule has 0 saturated heterocycles. The maximum Gasteiger partial charge on any atom is 0.234 e. The molecular formula is C12H10Br2N4O. The number of hydrogen-bond acceptors (Lipinski definition) is 5. The van der Waals surface area contributed by atoms with Crippen LogP contribution < -0.4 is 5.73 Å². The Morgan fingerprint density at radius 1 is 1.32 bits per heavy atom. The van der Waals surface area contributed by atoms with Gasteiger partial charge in [-0.2, -0.15) is 4.98 Å². The first-order chi connectivity index (χ1) is 9.13. The zero-order valence-electron chi connectivity index (χ0n) is 9.75. The summed E-state index contributed by atoms with van der Waals surface area (Å²) >= 11 is 6.79. The lowest BCUT2D eigenvalue weighted by Crippen LogP contribution is -2.14. The van der Waals surface area contributed by atoms with E-state index in [1.807, 2.05) is 18.2 Å². The number of rotatable bonds is 2. The number of halogens is 2. The van der Waals surface area contributed by atoms with Gasteiger partial charge in [0.25, 0.3) is 0 Å². The average molecular weight is 386 g/mol. The molecule has 2 aromatic rings. The Morgan fingerprint density at radius 2 is 2.16 bits per heavy atom. The van der Waals surface area contributed by atoms with Crippen molar-refractivity contribution in [3.05, 3.63) is 39.3 Å². The van der Waals surface area contributed by atoms with E-state index in [0.717, 1.165) is 15.4 Å². The third kappa shape index (κ3) is 2.63. The van der Waals surface area contributed by atoms with Crippen LogP contribution in [-0.2, 0) is 0 Å². The highest BCUT2D eigenvalue weighted by atomic mass is 79.9. The van der Waals surface area contributed by atoms with Gasteiger partial charge in [0.05, 0.1) is 5.92 Å². The maximum atomic E-state index is 5.82.